The van der Waals surface area contributed by atoms with Crippen LogP contribution in [0.15, 0.2) is 0 Å². The molecular weight excluding hydrogens is 262 g/mol. The molecule has 3 unspecified atom stereocenters. The molecule has 1 aliphatic carbocycles. The lowest BCUT2D eigenvalue weighted by Gasteiger charge is -2.46. The average Bonchev–Trinajstić information content (AvgIpc) is 2.43. The summed E-state index contributed by atoms with van der Waals surface area (Å²) in [5, 5.41) is 3.71. The summed E-state index contributed by atoms with van der Waals surface area (Å²) in [4.78, 5) is 0. The quantitative estimate of drug-likeness (QED) is 0.693. The summed E-state index contributed by atoms with van der Waals surface area (Å²) in [5.41, 5.74) is -0.0341. The van der Waals surface area contributed by atoms with Gasteiger partial charge in [0.25, 0.3) is 0 Å². The van der Waals surface area contributed by atoms with Crippen molar-refractivity contribution < 1.29 is 9.47 Å². The van der Waals surface area contributed by atoms with Crippen molar-refractivity contribution in [3.8, 4) is 0 Å². The molecule has 0 saturated heterocycles. The Morgan fingerprint density at radius 2 is 2.05 bits per heavy atom. The van der Waals surface area contributed by atoms with E-state index in [1.807, 2.05) is 7.11 Å². The van der Waals surface area contributed by atoms with Gasteiger partial charge in [0.05, 0.1) is 11.2 Å². The molecule has 126 valence electrons. The minimum atomic E-state index is -0.0542. The van der Waals surface area contributed by atoms with Gasteiger partial charge in [-0.15, -0.1) is 0 Å². The fraction of sp³-hybridized carbons (Fsp3) is 1.00. The molecular formula is C18H37NO2. The summed E-state index contributed by atoms with van der Waals surface area (Å²) in [5.74, 6) is 0.766. The molecule has 1 saturated carbocycles. The van der Waals surface area contributed by atoms with Crippen LogP contribution in [-0.4, -0.2) is 37.5 Å². The predicted octanol–water partition coefficient (Wildman–Crippen LogP) is 4.16. The average molecular weight is 299 g/mol. The van der Waals surface area contributed by atoms with Gasteiger partial charge in [-0.3, -0.25) is 0 Å². The fourth-order valence-electron chi connectivity index (χ4n) is 3.77. The maximum absolute atomic E-state index is 6.35. The first-order valence-corrected chi connectivity index (χ1v) is 8.81. The van der Waals surface area contributed by atoms with Gasteiger partial charge < -0.3 is 14.8 Å². The van der Waals surface area contributed by atoms with Gasteiger partial charge in [-0.25, -0.2) is 0 Å². The first kappa shape index (κ1) is 18.9. The van der Waals surface area contributed by atoms with Crippen molar-refractivity contribution in [3.05, 3.63) is 0 Å². The third kappa shape index (κ3) is 5.54. The Kier molecular flexibility index (Phi) is 7.66. The van der Waals surface area contributed by atoms with Gasteiger partial charge in [-0.05, 0) is 58.9 Å². The molecule has 1 aliphatic rings. The maximum Gasteiger partial charge on any atom is 0.0837 e. The minimum Gasteiger partial charge on any atom is -0.379 e. The van der Waals surface area contributed by atoms with Crippen molar-refractivity contribution in [1.29, 1.82) is 0 Å². The van der Waals surface area contributed by atoms with Crippen LogP contribution >= 0.6 is 0 Å². The molecule has 0 aliphatic heterocycles. The lowest BCUT2D eigenvalue weighted by Crippen LogP contribution is -2.55. The second-order valence-electron chi connectivity index (χ2n) is 7.31. The summed E-state index contributed by atoms with van der Waals surface area (Å²) in [6, 6.07) is 0.430. The zero-order chi connectivity index (χ0) is 15.9. The number of likely N-dealkylation sites (N-methyl/N-ethyl adjacent to an activating group) is 1. The summed E-state index contributed by atoms with van der Waals surface area (Å²) in [7, 11) is 1.81. The summed E-state index contributed by atoms with van der Waals surface area (Å²) >= 11 is 0. The van der Waals surface area contributed by atoms with Gasteiger partial charge in [0.15, 0.2) is 0 Å². The number of ether oxygens (including phenoxy) is 2. The number of hydrogen-bond donors (Lipinski definition) is 1. The SMILES string of the molecule is CCNC(CCC(C)(C)OC)C1(OCC)CCCC(C)C1. The zero-order valence-corrected chi connectivity index (χ0v) is 15.1. The molecule has 0 aromatic heterocycles. The van der Waals surface area contributed by atoms with Crippen molar-refractivity contribution in [2.75, 3.05) is 20.3 Å². The lowest BCUT2D eigenvalue weighted by molar-refractivity contribution is -0.105. The fourth-order valence-corrected chi connectivity index (χ4v) is 3.77. The van der Waals surface area contributed by atoms with Gasteiger partial charge in [0, 0.05) is 19.8 Å². The Bertz CT molecular complexity index is 289. The van der Waals surface area contributed by atoms with Crippen LogP contribution in [0, 0.1) is 5.92 Å². The Morgan fingerprint density at radius 3 is 2.57 bits per heavy atom. The van der Waals surface area contributed by atoms with Crippen LogP contribution in [0.5, 0.6) is 0 Å². The normalized spacial score (nSPS) is 28.6. The van der Waals surface area contributed by atoms with E-state index in [9.17, 15) is 0 Å². The molecule has 0 aromatic rings. The molecule has 3 heteroatoms. The third-order valence-electron chi connectivity index (χ3n) is 5.10. The Hall–Kier alpha value is -0.120. The number of rotatable bonds is 9. The van der Waals surface area contributed by atoms with Crippen molar-refractivity contribution in [2.45, 2.75) is 90.4 Å². The van der Waals surface area contributed by atoms with Gasteiger partial charge in [0.1, 0.15) is 0 Å². The first-order valence-electron chi connectivity index (χ1n) is 8.81. The summed E-state index contributed by atoms with van der Waals surface area (Å²) < 4.78 is 12.0. The molecule has 0 spiro atoms. The summed E-state index contributed by atoms with van der Waals surface area (Å²) in [6.45, 7) is 12.8. The van der Waals surface area contributed by atoms with Gasteiger partial charge in [0.2, 0.25) is 0 Å². The molecule has 0 aromatic carbocycles. The highest BCUT2D eigenvalue weighted by atomic mass is 16.5. The molecule has 3 nitrogen and oxygen atoms in total. The third-order valence-corrected chi connectivity index (χ3v) is 5.10. The van der Waals surface area contributed by atoms with Crippen molar-refractivity contribution in [1.82, 2.24) is 5.32 Å². The molecule has 1 rings (SSSR count). The Labute approximate surface area is 132 Å². The van der Waals surface area contributed by atoms with Crippen LogP contribution in [0.2, 0.25) is 0 Å². The minimum absolute atomic E-state index is 0.0201. The van der Waals surface area contributed by atoms with E-state index >= 15 is 0 Å². The highest BCUT2D eigenvalue weighted by Crippen LogP contribution is 2.39. The largest absolute Gasteiger partial charge is 0.379 e. The van der Waals surface area contributed by atoms with Crippen LogP contribution in [0.25, 0.3) is 0 Å². The van der Waals surface area contributed by atoms with Gasteiger partial charge in [-0.1, -0.05) is 26.7 Å². The maximum atomic E-state index is 6.35. The van der Waals surface area contributed by atoms with E-state index in [4.69, 9.17) is 9.47 Å². The van der Waals surface area contributed by atoms with Crippen LogP contribution in [0.1, 0.15) is 73.1 Å². The summed E-state index contributed by atoms with van der Waals surface area (Å²) in [6.07, 6.45) is 7.18. The molecule has 3 atom stereocenters. The molecule has 0 heterocycles. The van der Waals surface area contributed by atoms with Crippen molar-refractivity contribution >= 4 is 0 Å². The van der Waals surface area contributed by atoms with Crippen LogP contribution in [0.4, 0.5) is 0 Å². The van der Waals surface area contributed by atoms with E-state index in [1.54, 1.807) is 0 Å². The van der Waals surface area contributed by atoms with Crippen molar-refractivity contribution in [3.63, 3.8) is 0 Å². The van der Waals surface area contributed by atoms with E-state index in [1.165, 1.54) is 25.7 Å². The highest BCUT2D eigenvalue weighted by Gasteiger charge is 2.42. The Balaban J connectivity index is 2.81. The highest BCUT2D eigenvalue weighted by molar-refractivity contribution is 4.97. The van der Waals surface area contributed by atoms with E-state index in [2.05, 4.69) is 39.9 Å². The number of methoxy groups -OCH3 is 1. The van der Waals surface area contributed by atoms with E-state index in [0.29, 0.717) is 6.04 Å². The van der Waals surface area contributed by atoms with Crippen LogP contribution in [0.3, 0.4) is 0 Å². The van der Waals surface area contributed by atoms with Gasteiger partial charge in [-0.2, -0.15) is 0 Å². The second-order valence-corrected chi connectivity index (χ2v) is 7.31. The molecule has 0 bridgehead atoms. The number of nitrogens with one attached hydrogen (secondary N) is 1. The van der Waals surface area contributed by atoms with E-state index < -0.39 is 0 Å². The Morgan fingerprint density at radius 1 is 1.33 bits per heavy atom. The predicted molar refractivity (Wildman–Crippen MR) is 89.8 cm³/mol. The second kappa shape index (κ2) is 8.50. The molecule has 21 heavy (non-hydrogen) atoms. The van der Waals surface area contributed by atoms with Crippen LogP contribution in [-0.2, 0) is 9.47 Å². The zero-order valence-electron chi connectivity index (χ0n) is 15.1. The molecule has 0 amide bonds. The van der Waals surface area contributed by atoms with E-state index in [-0.39, 0.29) is 11.2 Å². The monoisotopic (exact) mass is 299 g/mol. The number of hydrogen-bond acceptors (Lipinski definition) is 3. The van der Waals surface area contributed by atoms with Crippen molar-refractivity contribution in [2.24, 2.45) is 5.92 Å². The van der Waals surface area contributed by atoms with Gasteiger partial charge >= 0.3 is 0 Å². The topological polar surface area (TPSA) is 30.5 Å². The van der Waals surface area contributed by atoms with Crippen LogP contribution < -0.4 is 5.32 Å². The smallest absolute Gasteiger partial charge is 0.0837 e. The van der Waals surface area contributed by atoms with E-state index in [0.717, 1.165) is 31.9 Å². The first-order chi connectivity index (χ1) is 9.89. The lowest BCUT2D eigenvalue weighted by atomic mass is 9.72. The molecule has 1 fully saturated rings. The molecule has 0 radical (unpaired) electrons. The standard InChI is InChI=1S/C18H37NO2/c1-7-19-16(11-13-17(4,5)20-6)18(21-8-2)12-9-10-15(3)14-18/h15-16,19H,7-14H2,1-6H3. The molecule has 1 N–H and O–H groups in total.